The third kappa shape index (κ3) is 4.64. The van der Waals surface area contributed by atoms with Crippen LogP contribution >= 0.6 is 0 Å². The largest absolute Gasteiger partial charge is 0.486 e. The second-order valence-electron chi connectivity index (χ2n) is 9.81. The van der Waals surface area contributed by atoms with Gasteiger partial charge in [0.1, 0.15) is 24.7 Å². The van der Waals surface area contributed by atoms with Crippen LogP contribution in [0, 0.1) is 17.2 Å². The van der Waals surface area contributed by atoms with Crippen LogP contribution < -0.4 is 10.1 Å². The Balaban J connectivity index is 1.31. The fraction of sp³-hybridized carbons (Fsp3) is 0.429. The van der Waals surface area contributed by atoms with Crippen molar-refractivity contribution in [1.29, 1.82) is 5.26 Å². The van der Waals surface area contributed by atoms with Crippen molar-refractivity contribution < 1.29 is 23.7 Å². The highest BCUT2D eigenvalue weighted by Gasteiger charge is 2.28. The molecule has 1 N–H and O–H groups in total. The first-order valence-corrected chi connectivity index (χ1v) is 12.6. The van der Waals surface area contributed by atoms with Crippen molar-refractivity contribution in [2.24, 2.45) is 5.92 Å². The number of nitriles is 1. The van der Waals surface area contributed by atoms with E-state index in [0.29, 0.717) is 49.8 Å². The smallest absolute Gasteiger partial charge is 0.411 e. The van der Waals surface area contributed by atoms with E-state index >= 15 is 0 Å². The van der Waals surface area contributed by atoms with Gasteiger partial charge in [0.25, 0.3) is 0 Å². The van der Waals surface area contributed by atoms with Gasteiger partial charge in [-0.3, -0.25) is 5.32 Å². The molecule has 3 fully saturated rings. The van der Waals surface area contributed by atoms with Crippen LogP contribution in [-0.2, 0) is 14.2 Å². The van der Waals surface area contributed by atoms with Crippen LogP contribution in [0.4, 0.5) is 10.5 Å². The molecule has 2 heterocycles. The minimum atomic E-state index is -0.433. The molecule has 8 heteroatoms. The molecule has 0 spiro atoms. The second-order valence-corrected chi connectivity index (χ2v) is 9.81. The monoisotopic (exact) mass is 487 g/mol. The summed E-state index contributed by atoms with van der Waals surface area (Å²) in [6, 6.07) is 16.3. The van der Waals surface area contributed by atoms with Gasteiger partial charge in [0.2, 0.25) is 0 Å². The SMILES string of the molecule is N#Cc1c(-c2ccc(NC(=O)OCC3CC3)cc2)n(C2CCC2)c2cc(OC3COCOC3)ccc12. The minimum Gasteiger partial charge on any atom is -0.486 e. The molecule has 8 nitrogen and oxygen atoms in total. The fourth-order valence-electron chi connectivity index (χ4n) is 4.85. The summed E-state index contributed by atoms with van der Waals surface area (Å²) in [5, 5.41) is 13.9. The molecule has 1 aromatic heterocycles. The van der Waals surface area contributed by atoms with Gasteiger partial charge in [-0.15, -0.1) is 0 Å². The van der Waals surface area contributed by atoms with Crippen LogP contribution in [-0.4, -0.2) is 43.4 Å². The molecule has 0 bridgehead atoms. The van der Waals surface area contributed by atoms with Crippen molar-refractivity contribution in [3.8, 4) is 23.1 Å². The number of carbonyl (C=O) groups excluding carboxylic acids is 1. The lowest BCUT2D eigenvalue weighted by atomic mass is 9.92. The zero-order valence-electron chi connectivity index (χ0n) is 20.1. The highest BCUT2D eigenvalue weighted by Crippen LogP contribution is 2.43. The average molecular weight is 488 g/mol. The zero-order chi connectivity index (χ0) is 24.5. The first kappa shape index (κ1) is 22.9. The second kappa shape index (κ2) is 9.84. The predicted octanol–water partition coefficient (Wildman–Crippen LogP) is 5.62. The first-order chi connectivity index (χ1) is 17.7. The third-order valence-corrected chi connectivity index (χ3v) is 7.16. The molecule has 2 aliphatic carbocycles. The lowest BCUT2D eigenvalue weighted by molar-refractivity contribution is -0.143. The molecule has 3 aromatic rings. The summed E-state index contributed by atoms with van der Waals surface area (Å²) in [6.45, 7) is 1.76. The van der Waals surface area contributed by atoms with Gasteiger partial charge in [-0.2, -0.15) is 5.26 Å². The Morgan fingerprint density at radius 1 is 1.08 bits per heavy atom. The number of ether oxygens (including phenoxy) is 4. The molecule has 1 aliphatic heterocycles. The van der Waals surface area contributed by atoms with Gasteiger partial charge >= 0.3 is 6.09 Å². The van der Waals surface area contributed by atoms with Crippen molar-refractivity contribution in [1.82, 2.24) is 4.57 Å². The van der Waals surface area contributed by atoms with E-state index in [2.05, 4.69) is 16.0 Å². The van der Waals surface area contributed by atoms with Gasteiger partial charge < -0.3 is 23.5 Å². The van der Waals surface area contributed by atoms with Gasteiger partial charge in [0.05, 0.1) is 36.6 Å². The van der Waals surface area contributed by atoms with Crippen molar-refractivity contribution in [2.45, 2.75) is 44.2 Å². The lowest BCUT2D eigenvalue weighted by Gasteiger charge is -2.30. The van der Waals surface area contributed by atoms with E-state index in [1.54, 1.807) is 0 Å². The average Bonchev–Trinajstić information content (AvgIpc) is 3.65. The molecule has 0 unspecified atom stereocenters. The van der Waals surface area contributed by atoms with Gasteiger partial charge in [0, 0.05) is 23.2 Å². The Morgan fingerprint density at radius 2 is 1.86 bits per heavy atom. The summed E-state index contributed by atoms with van der Waals surface area (Å²) in [7, 11) is 0. The number of aromatic nitrogens is 1. The molecular formula is C28H29N3O5. The number of nitrogens with one attached hydrogen (secondary N) is 1. The quantitative estimate of drug-likeness (QED) is 0.465. The van der Waals surface area contributed by atoms with E-state index < -0.39 is 6.09 Å². The van der Waals surface area contributed by atoms with Crippen LogP contribution in [0.3, 0.4) is 0 Å². The molecule has 1 saturated heterocycles. The number of fused-ring (bicyclic) bond motifs is 1. The fourth-order valence-corrected chi connectivity index (χ4v) is 4.85. The van der Waals surface area contributed by atoms with Crippen LogP contribution in [0.15, 0.2) is 42.5 Å². The number of hydrogen-bond donors (Lipinski definition) is 1. The van der Waals surface area contributed by atoms with E-state index in [9.17, 15) is 10.1 Å². The minimum absolute atomic E-state index is 0.158. The van der Waals surface area contributed by atoms with Crippen molar-refractivity contribution in [3.63, 3.8) is 0 Å². The van der Waals surface area contributed by atoms with Gasteiger partial charge in [-0.05, 0) is 67.9 Å². The summed E-state index contributed by atoms with van der Waals surface area (Å²) in [5.74, 6) is 1.26. The van der Waals surface area contributed by atoms with E-state index in [0.717, 1.165) is 53.6 Å². The molecule has 0 radical (unpaired) electrons. The Labute approximate surface area is 209 Å². The molecule has 2 aromatic carbocycles. The molecular weight excluding hydrogens is 458 g/mol. The topological polar surface area (TPSA) is 94.7 Å². The summed E-state index contributed by atoms with van der Waals surface area (Å²) in [6.07, 6.45) is 4.99. The summed E-state index contributed by atoms with van der Waals surface area (Å²) in [4.78, 5) is 12.1. The number of anilines is 1. The van der Waals surface area contributed by atoms with Crippen LogP contribution in [0.5, 0.6) is 5.75 Å². The van der Waals surface area contributed by atoms with Gasteiger partial charge in [0.15, 0.2) is 0 Å². The number of amides is 1. The van der Waals surface area contributed by atoms with E-state index in [4.69, 9.17) is 18.9 Å². The Morgan fingerprint density at radius 3 is 2.53 bits per heavy atom. The number of hydrogen-bond acceptors (Lipinski definition) is 6. The van der Waals surface area contributed by atoms with Crippen LogP contribution in [0.1, 0.15) is 43.7 Å². The molecule has 2 saturated carbocycles. The predicted molar refractivity (Wildman–Crippen MR) is 134 cm³/mol. The van der Waals surface area contributed by atoms with Crippen LogP contribution in [0.2, 0.25) is 0 Å². The maximum Gasteiger partial charge on any atom is 0.411 e. The van der Waals surface area contributed by atoms with Gasteiger partial charge in [-0.25, -0.2) is 4.79 Å². The van der Waals surface area contributed by atoms with E-state index in [1.807, 2.05) is 42.5 Å². The van der Waals surface area contributed by atoms with E-state index in [-0.39, 0.29) is 6.10 Å². The summed E-state index contributed by atoms with van der Waals surface area (Å²) >= 11 is 0. The van der Waals surface area contributed by atoms with Crippen molar-refractivity contribution >= 4 is 22.7 Å². The molecule has 0 atom stereocenters. The summed E-state index contributed by atoms with van der Waals surface area (Å²) in [5.41, 5.74) is 4.14. The lowest BCUT2D eigenvalue weighted by Crippen LogP contribution is -2.33. The molecule has 186 valence electrons. The first-order valence-electron chi connectivity index (χ1n) is 12.6. The molecule has 36 heavy (non-hydrogen) atoms. The molecule has 1 amide bonds. The highest BCUT2D eigenvalue weighted by atomic mass is 16.7. The standard InChI is InChI=1S/C28H29N3O5/c29-13-25-24-11-10-22(36-23-15-33-17-34-16-23)12-26(24)31(21-2-1-3-21)27(25)19-6-8-20(9-7-19)30-28(32)35-14-18-4-5-18/h6-12,18,21,23H,1-5,14-17H2,(H,30,32). The number of rotatable bonds is 7. The summed E-state index contributed by atoms with van der Waals surface area (Å²) < 4.78 is 24.4. The number of carbonyl (C=O) groups is 1. The number of benzene rings is 2. The Bertz CT molecular complexity index is 1300. The molecule has 6 rings (SSSR count). The van der Waals surface area contributed by atoms with Crippen LogP contribution in [0.25, 0.3) is 22.2 Å². The molecule has 3 aliphatic rings. The van der Waals surface area contributed by atoms with Crippen molar-refractivity contribution in [2.75, 3.05) is 31.9 Å². The number of nitrogens with zero attached hydrogens (tertiary/aromatic N) is 2. The maximum atomic E-state index is 12.1. The zero-order valence-corrected chi connectivity index (χ0v) is 20.1. The van der Waals surface area contributed by atoms with Crippen molar-refractivity contribution in [3.05, 3.63) is 48.0 Å². The van der Waals surface area contributed by atoms with E-state index in [1.165, 1.54) is 6.42 Å². The van der Waals surface area contributed by atoms with Gasteiger partial charge in [-0.1, -0.05) is 12.1 Å². The highest BCUT2D eigenvalue weighted by molar-refractivity contribution is 5.96. The Kier molecular flexibility index (Phi) is 6.26. The Hall–Kier alpha value is -3.54. The third-order valence-electron chi connectivity index (χ3n) is 7.16. The maximum absolute atomic E-state index is 12.1. The normalized spacial score (nSPS) is 18.4.